The molecule has 0 saturated carbocycles. The van der Waals surface area contributed by atoms with Gasteiger partial charge in [0.2, 0.25) is 0 Å². The van der Waals surface area contributed by atoms with Gasteiger partial charge in [0.05, 0.1) is 0 Å². The number of nitrogens with two attached hydrogens (primary N) is 1. The average molecular weight is 232 g/mol. The first kappa shape index (κ1) is 11.6. The van der Waals surface area contributed by atoms with Gasteiger partial charge in [-0.05, 0) is 24.6 Å². The first-order valence-electron chi connectivity index (χ1n) is 5.48. The molecule has 1 atom stereocenters. The van der Waals surface area contributed by atoms with Gasteiger partial charge in [-0.1, -0.05) is 12.1 Å². The Hall–Kier alpha value is -1.88. The summed E-state index contributed by atoms with van der Waals surface area (Å²) in [5.41, 5.74) is 6.87. The molecule has 1 aromatic carbocycles. The second-order valence-corrected chi connectivity index (χ2v) is 4.01. The predicted octanol–water partition coefficient (Wildman–Crippen LogP) is 1.41. The lowest BCUT2D eigenvalue weighted by Gasteiger charge is -2.09. The maximum Gasteiger partial charge on any atom is 0.170 e. The lowest BCUT2D eigenvalue weighted by atomic mass is 10.1. The molecule has 0 saturated heterocycles. The molecule has 1 aromatic heterocycles. The molecule has 1 unspecified atom stereocenters. The Morgan fingerprint density at radius 3 is 2.94 bits per heavy atom. The topological polar surface area (TPSA) is 66.0 Å². The number of nitrogens with zero attached hydrogens (tertiary/aromatic N) is 3. The van der Waals surface area contributed by atoms with Gasteiger partial charge < -0.3 is 15.0 Å². The molecule has 0 fully saturated rings. The van der Waals surface area contributed by atoms with Crippen LogP contribution in [0.2, 0.25) is 0 Å². The van der Waals surface area contributed by atoms with Gasteiger partial charge in [-0.3, -0.25) is 0 Å². The minimum atomic E-state index is 0.00776. The molecule has 5 heteroatoms. The van der Waals surface area contributed by atoms with Crippen molar-refractivity contribution in [1.29, 1.82) is 0 Å². The normalized spacial score (nSPS) is 12.4. The number of aryl methyl sites for hydroxylation is 1. The maximum atomic E-state index is 5.82. The molecule has 90 valence electrons. The van der Waals surface area contributed by atoms with E-state index in [1.807, 2.05) is 42.8 Å². The summed E-state index contributed by atoms with van der Waals surface area (Å²) in [6.07, 6.45) is 1.65. The molecule has 0 amide bonds. The molecular weight excluding hydrogens is 216 g/mol. The Morgan fingerprint density at radius 2 is 2.29 bits per heavy atom. The van der Waals surface area contributed by atoms with Crippen molar-refractivity contribution in [3.05, 3.63) is 42.0 Å². The van der Waals surface area contributed by atoms with Crippen molar-refractivity contribution >= 4 is 0 Å². The van der Waals surface area contributed by atoms with Crippen molar-refractivity contribution in [3.8, 4) is 5.75 Å². The highest BCUT2D eigenvalue weighted by atomic mass is 16.5. The van der Waals surface area contributed by atoms with E-state index in [1.54, 1.807) is 6.33 Å². The van der Waals surface area contributed by atoms with Crippen LogP contribution in [0.5, 0.6) is 5.75 Å². The van der Waals surface area contributed by atoms with E-state index in [4.69, 9.17) is 10.5 Å². The fourth-order valence-corrected chi connectivity index (χ4v) is 1.47. The Labute approximate surface area is 100 Å². The lowest BCUT2D eigenvalue weighted by Crippen LogP contribution is -2.06. The van der Waals surface area contributed by atoms with Crippen molar-refractivity contribution in [2.24, 2.45) is 12.8 Å². The fourth-order valence-electron chi connectivity index (χ4n) is 1.47. The van der Waals surface area contributed by atoms with Crippen LogP contribution in [0, 0.1) is 0 Å². The van der Waals surface area contributed by atoms with Crippen molar-refractivity contribution in [1.82, 2.24) is 14.8 Å². The third-order valence-electron chi connectivity index (χ3n) is 2.56. The van der Waals surface area contributed by atoms with E-state index in [-0.39, 0.29) is 6.04 Å². The molecule has 0 spiro atoms. The van der Waals surface area contributed by atoms with Crippen LogP contribution in [-0.4, -0.2) is 14.8 Å². The largest absolute Gasteiger partial charge is 0.486 e. The summed E-state index contributed by atoms with van der Waals surface area (Å²) < 4.78 is 7.47. The van der Waals surface area contributed by atoms with Gasteiger partial charge in [0, 0.05) is 13.1 Å². The Bertz CT molecular complexity index is 493. The van der Waals surface area contributed by atoms with Gasteiger partial charge in [-0.2, -0.15) is 0 Å². The number of ether oxygens (including phenoxy) is 1. The van der Waals surface area contributed by atoms with Crippen LogP contribution in [0.4, 0.5) is 0 Å². The molecule has 0 bridgehead atoms. The Morgan fingerprint density at radius 1 is 1.47 bits per heavy atom. The van der Waals surface area contributed by atoms with E-state index in [0.29, 0.717) is 6.61 Å². The van der Waals surface area contributed by atoms with E-state index in [9.17, 15) is 0 Å². The average Bonchev–Trinajstić information content (AvgIpc) is 2.72. The van der Waals surface area contributed by atoms with Gasteiger partial charge in [0.1, 0.15) is 18.7 Å². The van der Waals surface area contributed by atoms with E-state index in [2.05, 4.69) is 10.2 Å². The zero-order valence-corrected chi connectivity index (χ0v) is 10.00. The summed E-state index contributed by atoms with van der Waals surface area (Å²) >= 11 is 0. The molecule has 2 rings (SSSR count). The molecule has 0 aliphatic carbocycles. The quantitative estimate of drug-likeness (QED) is 0.865. The van der Waals surface area contributed by atoms with Crippen molar-refractivity contribution < 1.29 is 4.74 Å². The van der Waals surface area contributed by atoms with E-state index in [1.165, 1.54) is 0 Å². The van der Waals surface area contributed by atoms with Crippen LogP contribution in [0.1, 0.15) is 24.4 Å². The zero-order chi connectivity index (χ0) is 12.3. The fraction of sp³-hybridized carbons (Fsp3) is 0.333. The van der Waals surface area contributed by atoms with Crippen LogP contribution in [0.15, 0.2) is 30.6 Å². The number of aromatic nitrogens is 3. The first-order chi connectivity index (χ1) is 8.16. The first-order valence-corrected chi connectivity index (χ1v) is 5.48. The minimum absolute atomic E-state index is 0.00776. The van der Waals surface area contributed by atoms with Gasteiger partial charge >= 0.3 is 0 Å². The molecular formula is C12H16N4O. The molecule has 2 aromatic rings. The molecule has 0 aliphatic heterocycles. The van der Waals surface area contributed by atoms with Crippen molar-refractivity contribution in [2.75, 3.05) is 0 Å². The summed E-state index contributed by atoms with van der Waals surface area (Å²) in [5.74, 6) is 1.58. The van der Waals surface area contributed by atoms with E-state index in [0.717, 1.165) is 17.1 Å². The van der Waals surface area contributed by atoms with Crippen LogP contribution in [0.25, 0.3) is 0 Å². The predicted molar refractivity (Wildman–Crippen MR) is 64.4 cm³/mol. The highest BCUT2D eigenvalue weighted by Crippen LogP contribution is 2.18. The van der Waals surface area contributed by atoms with Crippen LogP contribution >= 0.6 is 0 Å². The monoisotopic (exact) mass is 232 g/mol. The van der Waals surface area contributed by atoms with Crippen molar-refractivity contribution in [2.45, 2.75) is 19.6 Å². The third kappa shape index (κ3) is 2.82. The number of rotatable bonds is 4. The highest BCUT2D eigenvalue weighted by molar-refractivity contribution is 5.30. The maximum absolute atomic E-state index is 5.82. The summed E-state index contributed by atoms with van der Waals surface area (Å²) in [6, 6.07) is 7.78. The number of hydrogen-bond acceptors (Lipinski definition) is 4. The van der Waals surface area contributed by atoms with Crippen LogP contribution < -0.4 is 10.5 Å². The standard InChI is InChI=1S/C12H16N4O/c1-9(13)10-4-3-5-11(6-10)17-7-12-15-14-8-16(12)2/h3-6,8-9H,7,13H2,1-2H3. The van der Waals surface area contributed by atoms with Crippen molar-refractivity contribution in [3.63, 3.8) is 0 Å². The third-order valence-corrected chi connectivity index (χ3v) is 2.56. The molecule has 2 N–H and O–H groups in total. The number of hydrogen-bond donors (Lipinski definition) is 1. The molecule has 17 heavy (non-hydrogen) atoms. The molecule has 0 aliphatic rings. The van der Waals surface area contributed by atoms with Gasteiger partial charge in [0.15, 0.2) is 5.82 Å². The summed E-state index contributed by atoms with van der Waals surface area (Å²) in [7, 11) is 1.89. The van der Waals surface area contributed by atoms with Gasteiger partial charge in [-0.25, -0.2) is 0 Å². The van der Waals surface area contributed by atoms with Gasteiger partial charge in [0.25, 0.3) is 0 Å². The van der Waals surface area contributed by atoms with Gasteiger partial charge in [-0.15, -0.1) is 10.2 Å². The zero-order valence-electron chi connectivity index (χ0n) is 10.00. The SMILES string of the molecule is CC(N)c1cccc(OCc2nncn2C)c1. The van der Waals surface area contributed by atoms with Crippen LogP contribution in [-0.2, 0) is 13.7 Å². The smallest absolute Gasteiger partial charge is 0.170 e. The summed E-state index contributed by atoms with van der Waals surface area (Å²) in [6.45, 7) is 2.35. The second-order valence-electron chi connectivity index (χ2n) is 4.01. The highest BCUT2D eigenvalue weighted by Gasteiger charge is 2.04. The molecule has 0 radical (unpaired) electrons. The van der Waals surface area contributed by atoms with E-state index < -0.39 is 0 Å². The minimum Gasteiger partial charge on any atom is -0.486 e. The number of benzene rings is 1. The Kier molecular flexibility index (Phi) is 3.39. The Balaban J connectivity index is 2.04. The molecule has 1 heterocycles. The van der Waals surface area contributed by atoms with Crippen LogP contribution in [0.3, 0.4) is 0 Å². The molecule has 5 nitrogen and oxygen atoms in total. The second kappa shape index (κ2) is 4.97. The van der Waals surface area contributed by atoms with E-state index >= 15 is 0 Å². The lowest BCUT2D eigenvalue weighted by molar-refractivity contribution is 0.291. The summed E-state index contributed by atoms with van der Waals surface area (Å²) in [5, 5.41) is 7.74. The summed E-state index contributed by atoms with van der Waals surface area (Å²) in [4.78, 5) is 0.